The first-order valence-corrected chi connectivity index (χ1v) is 41.2. The van der Waals surface area contributed by atoms with E-state index in [9.17, 15) is 52.0 Å². The molecule has 10 heterocycles. The highest BCUT2D eigenvalue weighted by Gasteiger charge is 2.36. The lowest BCUT2D eigenvalue weighted by molar-refractivity contribution is -0.129. The molecule has 24 nitrogen and oxygen atoms in total. The second-order valence-electron chi connectivity index (χ2n) is 26.6. The van der Waals surface area contributed by atoms with Crippen molar-refractivity contribution in [1.82, 2.24) is 32.1 Å². The summed E-state index contributed by atoms with van der Waals surface area (Å²) in [5, 5.41) is 11.7. The van der Waals surface area contributed by atoms with Gasteiger partial charge in [0.25, 0.3) is 0 Å². The SMILES string of the molecule is CC(=O)N1CCN(c2c[nH]c3cc(F)ccc23)CC1.CS(=O)(=O)N1CCC(C2CNc3ccccc32)CC1.CS(=O)(=O)N1CCC(N2CC(=O)Nc3ccccc32)CC1.CS(=O)(=O)N1CCC(N2CCNc3ccccc32)CC1.CS(=O)(=O)N1CCN(c2c[nH]c3cc(F)ccc23)CC1. The fourth-order valence-electron chi connectivity index (χ4n) is 14.8. The van der Waals surface area contributed by atoms with Crippen LogP contribution in [0.5, 0.6) is 0 Å². The van der Waals surface area contributed by atoms with Gasteiger partial charge in [0.2, 0.25) is 51.9 Å². The average molecular weight is 1440 g/mol. The zero-order chi connectivity index (χ0) is 70.4. The van der Waals surface area contributed by atoms with Crippen molar-refractivity contribution >= 4 is 114 Å². The molecular formula is C69H92F2N14O10S4. The van der Waals surface area contributed by atoms with Crippen molar-refractivity contribution in [3.05, 3.63) is 139 Å². The van der Waals surface area contributed by atoms with Gasteiger partial charge in [0.15, 0.2) is 0 Å². The van der Waals surface area contributed by atoms with Crippen LogP contribution in [0, 0.1) is 17.6 Å². The predicted molar refractivity (Wildman–Crippen MR) is 390 cm³/mol. The third-order valence-corrected chi connectivity index (χ3v) is 25.3. The number of hydrogen-bond acceptors (Lipinski definition) is 16. The van der Waals surface area contributed by atoms with Gasteiger partial charge in [-0.3, -0.25) is 9.59 Å². The standard InChI is InChI=1S/C14H16FN3O.C14H19N3O3S.C14H21N3O2S.C14H20N2O2S.C13H16FN3O2S/c1-10(19)17-4-6-18(7-5-17)14-9-16-13-8-11(15)2-3-12(13)14;1-21(19,20)16-8-6-11(7-9-16)17-10-14(18)15-12-4-2-3-5-13(12)17;1-20(18,19)16-9-6-12(7-10-16)17-11-8-15-13-4-2-3-5-14(13)17;1-19(17,18)16-8-6-11(7-9-16)13-10-15-14-5-3-2-4-12(13)14;1-20(18,19)17-6-4-16(5-7-17)13-9-15-12-8-10(14)2-3-11(12)13/h2-3,8-9,16H,4-7H2,1H3;2-5,11H,6-10H2,1H3,(H,15,18);2-5,12,15H,6-11H2,1H3;2-5,11,13,15H,6-10H2,1H3;2-3,8-9,15H,4-7H2,1H3. The zero-order valence-corrected chi connectivity index (χ0v) is 60.1. The number of sulfonamides is 4. The lowest BCUT2D eigenvalue weighted by atomic mass is 9.82. The number of aromatic amines is 2. The molecule has 0 aliphatic carbocycles. The van der Waals surface area contributed by atoms with E-state index in [4.69, 9.17) is 0 Å². The molecule has 0 bridgehead atoms. The van der Waals surface area contributed by atoms with Gasteiger partial charge < -0.3 is 50.4 Å². The summed E-state index contributed by atoms with van der Waals surface area (Å²) in [4.78, 5) is 40.0. The molecule has 0 saturated carbocycles. The highest BCUT2D eigenvalue weighted by molar-refractivity contribution is 7.89. The Kier molecular flexibility index (Phi) is 22.8. The fraction of sp³-hybridized carbons (Fsp3) is 0.478. The molecular weight excluding hydrogens is 1350 g/mol. The zero-order valence-electron chi connectivity index (χ0n) is 56.8. The molecule has 536 valence electrons. The highest BCUT2D eigenvalue weighted by Crippen LogP contribution is 2.41. The van der Waals surface area contributed by atoms with E-state index < -0.39 is 40.1 Å². The van der Waals surface area contributed by atoms with E-state index >= 15 is 0 Å². The smallest absolute Gasteiger partial charge is 0.243 e. The average Bonchev–Trinajstić information content (AvgIpc) is 1.37. The summed E-state index contributed by atoms with van der Waals surface area (Å²) in [7, 11) is -12.3. The number of para-hydroxylation sites is 5. The Balaban J connectivity index is 0.000000125. The van der Waals surface area contributed by atoms with Crippen molar-refractivity contribution < 1.29 is 52.0 Å². The number of halogens is 2. The van der Waals surface area contributed by atoms with E-state index in [2.05, 4.69) is 88.0 Å². The first-order chi connectivity index (χ1) is 47.2. The lowest BCUT2D eigenvalue weighted by Gasteiger charge is -2.42. The van der Waals surface area contributed by atoms with Crippen molar-refractivity contribution in [3.8, 4) is 0 Å². The van der Waals surface area contributed by atoms with Gasteiger partial charge in [0, 0.05) is 165 Å². The number of piperidine rings is 3. The number of carbonyl (C=O) groups excluding carboxylic acids is 2. The number of benzene rings is 5. The molecule has 8 aliphatic heterocycles. The number of amides is 2. The summed E-state index contributed by atoms with van der Waals surface area (Å²) in [5.74, 6) is 0.738. The van der Waals surface area contributed by atoms with Gasteiger partial charge in [-0.15, -0.1) is 0 Å². The summed E-state index contributed by atoms with van der Waals surface area (Å²) >= 11 is 0. The molecule has 1 atom stereocenters. The summed E-state index contributed by atoms with van der Waals surface area (Å²) in [6.45, 7) is 13.8. The van der Waals surface area contributed by atoms with Gasteiger partial charge in [0.05, 0.1) is 76.7 Å². The normalized spacial score (nSPS) is 20.3. The van der Waals surface area contributed by atoms with E-state index in [0.717, 1.165) is 129 Å². The summed E-state index contributed by atoms with van der Waals surface area (Å²) in [5.41, 5.74) is 10.6. The Hall–Kier alpha value is -7.58. The van der Waals surface area contributed by atoms with Gasteiger partial charge >= 0.3 is 0 Å². The number of H-pyrrole nitrogens is 2. The number of fused-ring (bicyclic) bond motifs is 5. The second kappa shape index (κ2) is 31.1. The molecule has 99 heavy (non-hydrogen) atoms. The number of hydrogen-bond donors (Lipinski definition) is 5. The summed E-state index contributed by atoms with van der Waals surface area (Å²) in [6, 6.07) is 34.6. The highest BCUT2D eigenvalue weighted by atomic mass is 32.2. The van der Waals surface area contributed by atoms with Crippen LogP contribution in [0.3, 0.4) is 0 Å². The van der Waals surface area contributed by atoms with E-state index in [1.165, 1.54) is 80.5 Å². The van der Waals surface area contributed by atoms with Crippen LogP contribution >= 0.6 is 0 Å². The van der Waals surface area contributed by atoms with Crippen LogP contribution in [0.25, 0.3) is 21.8 Å². The number of anilines is 7. The van der Waals surface area contributed by atoms with Crippen LogP contribution in [0.2, 0.25) is 0 Å². The minimum Gasteiger partial charge on any atom is -0.384 e. The van der Waals surface area contributed by atoms with Crippen molar-refractivity contribution in [2.45, 2.75) is 63.5 Å². The largest absolute Gasteiger partial charge is 0.384 e. The van der Waals surface area contributed by atoms with E-state index in [1.54, 1.807) is 27.7 Å². The van der Waals surface area contributed by atoms with Crippen LogP contribution in [0.1, 0.15) is 56.9 Å². The molecule has 8 aliphatic rings. The van der Waals surface area contributed by atoms with Gasteiger partial charge in [-0.05, 0) is 117 Å². The minimum atomic E-state index is -3.12. The summed E-state index contributed by atoms with van der Waals surface area (Å²) < 4.78 is 125. The van der Waals surface area contributed by atoms with Gasteiger partial charge in [-0.25, -0.2) is 55.4 Å². The molecule has 5 saturated heterocycles. The van der Waals surface area contributed by atoms with E-state index in [-0.39, 0.29) is 29.5 Å². The van der Waals surface area contributed by atoms with E-state index in [1.807, 2.05) is 47.6 Å². The maximum Gasteiger partial charge on any atom is 0.243 e. The third-order valence-electron chi connectivity index (χ3n) is 20.1. The van der Waals surface area contributed by atoms with Crippen molar-refractivity contribution in [2.24, 2.45) is 5.92 Å². The second-order valence-corrected chi connectivity index (χ2v) is 34.5. The van der Waals surface area contributed by atoms with Gasteiger partial charge in [-0.2, -0.15) is 4.31 Å². The van der Waals surface area contributed by atoms with Crippen molar-refractivity contribution in [1.29, 1.82) is 0 Å². The molecule has 30 heteroatoms. The van der Waals surface area contributed by atoms with Crippen LogP contribution in [-0.4, -0.2) is 232 Å². The van der Waals surface area contributed by atoms with Crippen LogP contribution < -0.4 is 35.6 Å². The Bertz CT molecular complexity index is 4450. The van der Waals surface area contributed by atoms with Crippen LogP contribution in [-0.2, 0) is 49.7 Å². The number of nitrogens with one attached hydrogen (secondary N) is 5. The Morgan fingerprint density at radius 3 is 1.37 bits per heavy atom. The fourth-order valence-corrected chi connectivity index (χ4v) is 18.2. The molecule has 2 aromatic heterocycles. The lowest BCUT2D eigenvalue weighted by Crippen LogP contribution is -2.50. The summed E-state index contributed by atoms with van der Waals surface area (Å²) in [6.07, 6.45) is 14.1. The number of aromatic nitrogens is 2. The number of nitrogens with zero attached hydrogens (tertiary/aromatic N) is 9. The first kappa shape index (κ1) is 72.7. The van der Waals surface area contributed by atoms with Crippen LogP contribution in [0.4, 0.5) is 48.6 Å². The molecule has 1 unspecified atom stereocenters. The van der Waals surface area contributed by atoms with Crippen LogP contribution in [0.15, 0.2) is 122 Å². The van der Waals surface area contributed by atoms with E-state index in [0.29, 0.717) is 89.9 Å². The van der Waals surface area contributed by atoms with Gasteiger partial charge in [0.1, 0.15) is 11.6 Å². The molecule has 15 rings (SSSR count). The van der Waals surface area contributed by atoms with Crippen molar-refractivity contribution in [2.75, 3.05) is 178 Å². The van der Waals surface area contributed by atoms with Gasteiger partial charge in [-0.1, -0.05) is 42.5 Å². The maximum absolute atomic E-state index is 13.2. The van der Waals surface area contributed by atoms with Crippen molar-refractivity contribution in [3.63, 3.8) is 0 Å². The molecule has 5 aromatic carbocycles. The molecule has 0 spiro atoms. The molecule has 7 aromatic rings. The Morgan fingerprint density at radius 2 is 0.879 bits per heavy atom. The number of piperazine rings is 2. The molecule has 5 N–H and O–H groups in total. The third kappa shape index (κ3) is 18.0. The number of rotatable bonds is 9. The molecule has 0 radical (unpaired) electrons. The Morgan fingerprint density at radius 1 is 0.455 bits per heavy atom. The maximum atomic E-state index is 13.2. The molecule has 5 fully saturated rings. The predicted octanol–water partition coefficient (Wildman–Crippen LogP) is 7.44. The topological polar surface area (TPSA) is 268 Å². The quantitative estimate of drug-likeness (QED) is 0.0940. The Labute approximate surface area is 580 Å². The number of carbonyl (C=O) groups is 2. The first-order valence-electron chi connectivity index (χ1n) is 33.8. The molecule has 2 amide bonds. The minimum absolute atomic E-state index is 0.0146. The monoisotopic (exact) mass is 1440 g/mol.